The highest BCUT2D eigenvalue weighted by molar-refractivity contribution is 6.68. The SMILES string of the molecule is CCCCCC(=O)c1ccc(N(c2ccccc2)c2ccc(C3=CCC=C(c4ccc(N(c5ccccc5)c5ccc(C(=O)CCCC)cc5)cc4)C(=N)C3=NNc3ccncc3)cc2)cc1. The molecular weight excluding hydrogens is 825 g/mol. The van der Waals surface area contributed by atoms with E-state index in [0.29, 0.717) is 30.7 Å². The van der Waals surface area contributed by atoms with Crippen LogP contribution in [0.15, 0.2) is 200 Å². The van der Waals surface area contributed by atoms with Crippen molar-refractivity contribution in [2.24, 2.45) is 5.10 Å². The van der Waals surface area contributed by atoms with E-state index in [-0.39, 0.29) is 11.6 Å². The number of nitrogens with one attached hydrogen (secondary N) is 2. The van der Waals surface area contributed by atoms with Gasteiger partial charge in [-0.3, -0.25) is 25.4 Å². The number of carbonyl (C=O) groups is 2. The Hall–Kier alpha value is -7.97. The highest BCUT2D eigenvalue weighted by atomic mass is 16.1. The number of ketones is 2. The summed E-state index contributed by atoms with van der Waals surface area (Å²) in [6.07, 6.45) is 14.2. The Labute approximate surface area is 394 Å². The molecule has 334 valence electrons. The molecule has 2 N–H and O–H groups in total. The van der Waals surface area contributed by atoms with Crippen LogP contribution in [0, 0.1) is 5.41 Å². The third-order valence-corrected chi connectivity index (χ3v) is 11.9. The number of hydrazone groups is 1. The molecule has 0 atom stereocenters. The van der Waals surface area contributed by atoms with Gasteiger partial charge in [-0.2, -0.15) is 5.10 Å². The lowest BCUT2D eigenvalue weighted by atomic mass is 9.92. The molecule has 7 aromatic rings. The quantitative estimate of drug-likeness (QED) is 0.0477. The predicted molar refractivity (Wildman–Crippen MR) is 278 cm³/mol. The van der Waals surface area contributed by atoms with Gasteiger partial charge in [-0.15, -0.1) is 0 Å². The van der Waals surface area contributed by atoms with E-state index in [1.165, 1.54) is 0 Å². The van der Waals surface area contributed by atoms with Gasteiger partial charge in [0, 0.05) is 81.6 Å². The lowest BCUT2D eigenvalue weighted by Crippen LogP contribution is -2.18. The van der Waals surface area contributed by atoms with E-state index in [1.54, 1.807) is 12.4 Å². The first-order valence-corrected chi connectivity index (χ1v) is 23.3. The minimum Gasteiger partial charge on any atom is -0.311 e. The first-order valence-electron chi connectivity index (χ1n) is 23.3. The topological polar surface area (TPSA) is 102 Å². The number of Topliss-reactive ketones (excluding diaryl/α,β-unsaturated/α-hetero) is 2. The number of rotatable bonds is 19. The summed E-state index contributed by atoms with van der Waals surface area (Å²) in [6, 6.07) is 56.6. The van der Waals surface area contributed by atoms with Crippen LogP contribution >= 0.6 is 0 Å². The molecule has 0 unspecified atom stereocenters. The Bertz CT molecular complexity index is 2850. The van der Waals surface area contributed by atoms with Crippen molar-refractivity contribution in [1.29, 1.82) is 5.41 Å². The van der Waals surface area contributed by atoms with Crippen molar-refractivity contribution < 1.29 is 9.59 Å². The first-order chi connectivity index (χ1) is 32.9. The summed E-state index contributed by atoms with van der Waals surface area (Å²) < 4.78 is 0. The minimum absolute atomic E-state index is 0.163. The fourth-order valence-electron chi connectivity index (χ4n) is 8.32. The molecule has 1 aliphatic rings. The van der Waals surface area contributed by atoms with E-state index in [9.17, 15) is 15.0 Å². The van der Waals surface area contributed by atoms with Crippen LogP contribution in [0.25, 0.3) is 11.1 Å². The third-order valence-electron chi connectivity index (χ3n) is 11.9. The number of unbranched alkanes of at least 4 members (excludes halogenated alkanes) is 3. The third kappa shape index (κ3) is 11.1. The highest BCUT2D eigenvalue weighted by Gasteiger charge is 2.24. The summed E-state index contributed by atoms with van der Waals surface area (Å²) in [6.45, 7) is 4.24. The average Bonchev–Trinajstić information content (AvgIpc) is 3.54. The van der Waals surface area contributed by atoms with Gasteiger partial charge in [-0.25, -0.2) is 0 Å². The van der Waals surface area contributed by atoms with Crippen molar-refractivity contribution in [3.05, 3.63) is 217 Å². The van der Waals surface area contributed by atoms with Crippen LogP contribution < -0.4 is 15.2 Å². The van der Waals surface area contributed by atoms with Gasteiger partial charge in [-0.1, -0.05) is 106 Å². The summed E-state index contributed by atoms with van der Waals surface area (Å²) in [4.78, 5) is 34.3. The second-order valence-corrected chi connectivity index (χ2v) is 16.6. The van der Waals surface area contributed by atoms with Crippen LogP contribution in [0.5, 0.6) is 0 Å². The van der Waals surface area contributed by atoms with Crippen molar-refractivity contribution in [3.8, 4) is 0 Å². The van der Waals surface area contributed by atoms with Gasteiger partial charge in [0.2, 0.25) is 0 Å². The van der Waals surface area contributed by atoms with Crippen LogP contribution in [0.3, 0.4) is 0 Å². The van der Waals surface area contributed by atoms with Crippen molar-refractivity contribution in [2.45, 2.75) is 65.2 Å². The van der Waals surface area contributed by atoms with E-state index < -0.39 is 0 Å². The molecule has 0 spiro atoms. The van der Waals surface area contributed by atoms with E-state index in [2.05, 4.69) is 119 Å². The Balaban J connectivity index is 1.08. The zero-order valence-corrected chi connectivity index (χ0v) is 38.2. The van der Waals surface area contributed by atoms with Crippen LogP contribution in [0.2, 0.25) is 0 Å². The predicted octanol–water partition coefficient (Wildman–Crippen LogP) is 15.5. The number of aromatic nitrogens is 1. The molecule has 8 nitrogen and oxygen atoms in total. The number of hydrogen-bond donors (Lipinski definition) is 2. The maximum atomic E-state index is 12.9. The average molecular weight is 881 g/mol. The van der Waals surface area contributed by atoms with Gasteiger partial charge in [-0.05, 0) is 140 Å². The first kappa shape index (κ1) is 45.6. The van der Waals surface area contributed by atoms with Crippen molar-refractivity contribution in [1.82, 2.24) is 4.98 Å². The molecule has 1 aromatic heterocycles. The number of hydrogen-bond acceptors (Lipinski definition) is 8. The molecule has 0 saturated heterocycles. The second kappa shape index (κ2) is 22.3. The lowest BCUT2D eigenvalue weighted by Gasteiger charge is -2.26. The molecule has 0 fully saturated rings. The van der Waals surface area contributed by atoms with Gasteiger partial charge in [0.1, 0.15) is 5.71 Å². The standard InChI is InChI=1S/C59H56N6O2/c1-3-5-9-22-57(67)46-29-37-53(38-30-46)65(49-17-12-8-13-18-49)51-33-25-44(26-34-51)55-20-14-19-54(58(60)59(55)63-62-47-39-41-61-42-40-47)43-23-31-50(32-24-43)64(48-15-10-7-11-16-48)52-35-27-45(28-36-52)56(66)21-6-4-2/h7-8,10-13,15-20,23-42,60H,3-6,9,14,21-22H2,1-2H3,(H,61,62). The van der Waals surface area contributed by atoms with Gasteiger partial charge in [0.25, 0.3) is 0 Å². The molecule has 0 radical (unpaired) electrons. The normalized spacial score (nSPS) is 13.0. The van der Waals surface area contributed by atoms with Crippen molar-refractivity contribution in [3.63, 3.8) is 0 Å². The Morgan fingerprint density at radius 2 is 0.940 bits per heavy atom. The molecule has 8 heteroatoms. The number of para-hydroxylation sites is 2. The summed E-state index contributed by atoms with van der Waals surface area (Å²) >= 11 is 0. The fourth-order valence-corrected chi connectivity index (χ4v) is 8.32. The smallest absolute Gasteiger partial charge is 0.162 e. The van der Waals surface area contributed by atoms with E-state index in [4.69, 9.17) is 5.10 Å². The molecule has 0 amide bonds. The van der Waals surface area contributed by atoms with Crippen molar-refractivity contribution in [2.75, 3.05) is 15.2 Å². The van der Waals surface area contributed by atoms with Crippen LogP contribution in [0.1, 0.15) is 97.1 Å². The highest BCUT2D eigenvalue weighted by Crippen LogP contribution is 2.38. The minimum atomic E-state index is 0.163. The number of carbonyl (C=O) groups excluding carboxylic acids is 2. The Kier molecular flexibility index (Phi) is 15.2. The molecule has 1 aliphatic carbocycles. The number of allylic oxidation sites excluding steroid dienone is 4. The van der Waals surface area contributed by atoms with Crippen molar-refractivity contribution >= 4 is 73.9 Å². The monoisotopic (exact) mass is 880 g/mol. The lowest BCUT2D eigenvalue weighted by molar-refractivity contribution is 0.0971. The second-order valence-electron chi connectivity index (χ2n) is 16.6. The fraction of sp³-hybridized carbons (Fsp3) is 0.169. The number of anilines is 7. The van der Waals surface area contributed by atoms with E-state index in [0.717, 1.165) is 105 Å². The molecule has 8 rings (SSSR count). The molecule has 67 heavy (non-hydrogen) atoms. The maximum Gasteiger partial charge on any atom is 0.162 e. The molecular formula is C59H56N6O2. The van der Waals surface area contributed by atoms with Crippen LogP contribution in [0.4, 0.5) is 39.8 Å². The summed E-state index contributed by atoms with van der Waals surface area (Å²) in [7, 11) is 0. The summed E-state index contributed by atoms with van der Waals surface area (Å²) in [5, 5.41) is 14.7. The maximum absolute atomic E-state index is 12.9. The number of benzene rings is 6. The molecule has 1 heterocycles. The van der Waals surface area contributed by atoms with Gasteiger partial charge >= 0.3 is 0 Å². The van der Waals surface area contributed by atoms with Gasteiger partial charge in [0.05, 0.1) is 11.4 Å². The van der Waals surface area contributed by atoms with Gasteiger partial charge in [0.15, 0.2) is 11.6 Å². The van der Waals surface area contributed by atoms with Crippen LogP contribution in [-0.2, 0) is 0 Å². The molecule has 0 saturated carbocycles. The summed E-state index contributed by atoms with van der Waals surface area (Å²) in [5.41, 5.74) is 15.4. The molecule has 6 aromatic carbocycles. The zero-order valence-electron chi connectivity index (χ0n) is 38.2. The number of pyridine rings is 1. The molecule has 0 bridgehead atoms. The Morgan fingerprint density at radius 3 is 1.42 bits per heavy atom. The van der Waals surface area contributed by atoms with Gasteiger partial charge < -0.3 is 9.80 Å². The Morgan fingerprint density at radius 1 is 0.522 bits per heavy atom. The van der Waals surface area contributed by atoms with E-state index >= 15 is 0 Å². The number of nitrogens with zero attached hydrogens (tertiary/aromatic N) is 4. The molecule has 0 aliphatic heterocycles. The summed E-state index contributed by atoms with van der Waals surface area (Å²) in [5.74, 6) is 0.337. The largest absolute Gasteiger partial charge is 0.311 e. The van der Waals surface area contributed by atoms with Crippen LogP contribution in [-0.4, -0.2) is 28.0 Å². The van der Waals surface area contributed by atoms with E-state index in [1.807, 2.05) is 97.1 Å². The zero-order chi connectivity index (χ0) is 46.4.